The van der Waals surface area contributed by atoms with Crippen LogP contribution in [0.3, 0.4) is 0 Å². The zero-order valence-corrected chi connectivity index (χ0v) is 14.1. The minimum atomic E-state index is -1.92. The monoisotopic (exact) mass is 372 g/mol. The highest BCUT2D eigenvalue weighted by Crippen LogP contribution is 2.25. The topological polar surface area (TPSA) is 146 Å². The van der Waals surface area contributed by atoms with Crippen molar-refractivity contribution in [1.82, 2.24) is 10.3 Å². The number of carboxylic acids is 1. The minimum Gasteiger partial charge on any atom is -0.478 e. The van der Waals surface area contributed by atoms with Crippen molar-refractivity contribution in [2.75, 3.05) is 0 Å². The predicted molar refractivity (Wildman–Crippen MR) is 93.9 cm³/mol. The highest BCUT2D eigenvalue weighted by molar-refractivity contribution is 6.43. The molecule has 1 heterocycles. The predicted octanol–water partition coefficient (Wildman–Crippen LogP) is -0.403. The van der Waals surface area contributed by atoms with Gasteiger partial charge < -0.3 is 25.2 Å². The maximum Gasteiger partial charge on any atom is 0.475 e. The number of carbonyl (C=O) groups is 3. The Morgan fingerprint density at radius 1 is 1.22 bits per heavy atom. The molecule has 0 aliphatic heterocycles. The Balaban J connectivity index is 2.18. The Bertz CT molecular complexity index is 814. The number of hydrogen-bond acceptors (Lipinski definition) is 7. The molecule has 2 aromatic rings. The smallest absolute Gasteiger partial charge is 0.475 e. The SMILES string of the molecule is O=COc1c(C[C@H](NC(=O)Cc2ccccn2)B(O)O)cccc1C(=O)O. The van der Waals surface area contributed by atoms with Crippen LogP contribution in [0.5, 0.6) is 5.75 Å². The van der Waals surface area contributed by atoms with Crippen molar-refractivity contribution < 1.29 is 34.3 Å². The molecular formula is C17H17BN2O7. The molecule has 140 valence electrons. The first-order chi connectivity index (χ1) is 12.9. The van der Waals surface area contributed by atoms with Gasteiger partial charge >= 0.3 is 13.1 Å². The summed E-state index contributed by atoms with van der Waals surface area (Å²) in [7, 11) is -1.92. The first-order valence-electron chi connectivity index (χ1n) is 7.93. The van der Waals surface area contributed by atoms with Crippen molar-refractivity contribution in [1.29, 1.82) is 0 Å². The average molecular weight is 372 g/mol. The first kappa shape index (κ1) is 20.1. The standard InChI is InChI=1S/C17H17BN2O7/c21-10-27-16-11(4-3-6-13(16)17(23)24)8-14(18(25)26)20-15(22)9-12-5-1-2-7-19-12/h1-7,10,14,25-26H,8-9H2,(H,20,22)(H,23,24)/t14-/m0/s1. The fraction of sp³-hybridized carbons (Fsp3) is 0.176. The van der Waals surface area contributed by atoms with E-state index in [4.69, 9.17) is 4.74 Å². The van der Waals surface area contributed by atoms with Gasteiger partial charge in [-0.05, 0) is 30.2 Å². The summed E-state index contributed by atoms with van der Waals surface area (Å²) in [5.74, 6) is -3.18. The summed E-state index contributed by atoms with van der Waals surface area (Å²) in [6, 6.07) is 9.20. The number of ether oxygens (including phenoxy) is 1. The van der Waals surface area contributed by atoms with Gasteiger partial charge in [-0.2, -0.15) is 0 Å². The van der Waals surface area contributed by atoms with E-state index in [-0.39, 0.29) is 36.2 Å². The number of para-hydroxylation sites is 1. The van der Waals surface area contributed by atoms with Crippen LogP contribution in [0.25, 0.3) is 0 Å². The molecule has 1 aromatic carbocycles. The van der Waals surface area contributed by atoms with E-state index in [9.17, 15) is 29.5 Å². The molecule has 0 saturated carbocycles. The number of nitrogens with one attached hydrogen (secondary N) is 1. The number of benzene rings is 1. The number of nitrogens with zero attached hydrogens (tertiary/aromatic N) is 1. The molecule has 4 N–H and O–H groups in total. The lowest BCUT2D eigenvalue weighted by atomic mass is 9.75. The molecule has 1 atom stereocenters. The number of pyridine rings is 1. The Labute approximate surface area is 154 Å². The molecule has 1 aromatic heterocycles. The van der Waals surface area contributed by atoms with Gasteiger partial charge in [-0.3, -0.25) is 14.6 Å². The second-order valence-electron chi connectivity index (χ2n) is 5.60. The molecule has 10 heteroatoms. The van der Waals surface area contributed by atoms with Gasteiger partial charge in [0.25, 0.3) is 6.47 Å². The van der Waals surface area contributed by atoms with Gasteiger partial charge in [0.05, 0.1) is 12.4 Å². The van der Waals surface area contributed by atoms with Crippen molar-refractivity contribution in [3.63, 3.8) is 0 Å². The van der Waals surface area contributed by atoms with E-state index in [1.807, 2.05) is 0 Å². The van der Waals surface area contributed by atoms with Crippen LogP contribution in [0, 0.1) is 0 Å². The molecule has 0 saturated heterocycles. The van der Waals surface area contributed by atoms with E-state index >= 15 is 0 Å². The number of hydrogen-bond donors (Lipinski definition) is 4. The second-order valence-corrected chi connectivity index (χ2v) is 5.60. The second kappa shape index (κ2) is 9.46. The van der Waals surface area contributed by atoms with Crippen LogP contribution in [0.15, 0.2) is 42.6 Å². The highest BCUT2D eigenvalue weighted by Gasteiger charge is 2.28. The van der Waals surface area contributed by atoms with E-state index in [2.05, 4.69) is 10.3 Å². The molecule has 0 fully saturated rings. The van der Waals surface area contributed by atoms with Gasteiger partial charge in [-0.1, -0.05) is 18.2 Å². The van der Waals surface area contributed by atoms with Gasteiger partial charge in [0, 0.05) is 11.9 Å². The van der Waals surface area contributed by atoms with E-state index in [0.29, 0.717) is 5.69 Å². The third-order valence-electron chi connectivity index (χ3n) is 3.71. The summed E-state index contributed by atoms with van der Waals surface area (Å²) < 4.78 is 4.76. The van der Waals surface area contributed by atoms with Crippen LogP contribution in [-0.4, -0.2) is 51.5 Å². The summed E-state index contributed by atoms with van der Waals surface area (Å²) in [5, 5.41) is 30.8. The largest absolute Gasteiger partial charge is 0.478 e. The quantitative estimate of drug-likeness (QED) is 0.343. The molecule has 0 spiro atoms. The summed E-state index contributed by atoms with van der Waals surface area (Å²) in [5.41, 5.74) is 0.461. The summed E-state index contributed by atoms with van der Waals surface area (Å²) in [4.78, 5) is 38.2. The molecule has 0 aliphatic carbocycles. The molecule has 0 unspecified atom stereocenters. The maximum atomic E-state index is 12.1. The zero-order valence-electron chi connectivity index (χ0n) is 14.1. The molecule has 1 amide bonds. The van der Waals surface area contributed by atoms with E-state index in [0.717, 1.165) is 0 Å². The number of amides is 1. The highest BCUT2D eigenvalue weighted by atomic mass is 16.5. The lowest BCUT2D eigenvalue weighted by Crippen LogP contribution is -2.48. The van der Waals surface area contributed by atoms with Crippen molar-refractivity contribution in [2.45, 2.75) is 18.8 Å². The zero-order chi connectivity index (χ0) is 19.8. The molecule has 0 aliphatic rings. The van der Waals surface area contributed by atoms with E-state index in [1.165, 1.54) is 24.4 Å². The van der Waals surface area contributed by atoms with Gasteiger partial charge in [0.15, 0.2) is 0 Å². The summed E-state index contributed by atoms with van der Waals surface area (Å²) in [6.45, 7) is 0.0787. The minimum absolute atomic E-state index is 0.0725. The van der Waals surface area contributed by atoms with Crippen LogP contribution in [-0.2, 0) is 22.4 Å². The number of carbonyl (C=O) groups excluding carboxylic acids is 2. The van der Waals surface area contributed by atoms with Gasteiger partial charge in [-0.25, -0.2) is 4.79 Å². The number of carboxylic acid groups (broad SMARTS) is 1. The number of aromatic nitrogens is 1. The van der Waals surface area contributed by atoms with Crippen molar-refractivity contribution in [3.8, 4) is 5.75 Å². The van der Waals surface area contributed by atoms with Crippen molar-refractivity contribution >= 4 is 25.5 Å². The third-order valence-corrected chi connectivity index (χ3v) is 3.71. The van der Waals surface area contributed by atoms with Crippen LogP contribution >= 0.6 is 0 Å². The molecular weight excluding hydrogens is 355 g/mol. The maximum absolute atomic E-state index is 12.1. The normalized spacial score (nSPS) is 11.3. The molecule has 9 nitrogen and oxygen atoms in total. The molecule has 2 rings (SSSR count). The molecule has 0 radical (unpaired) electrons. The Morgan fingerprint density at radius 3 is 2.59 bits per heavy atom. The molecule has 27 heavy (non-hydrogen) atoms. The fourth-order valence-electron chi connectivity index (χ4n) is 2.49. The van der Waals surface area contributed by atoms with Gasteiger partial charge in [0.1, 0.15) is 11.3 Å². The van der Waals surface area contributed by atoms with Crippen LogP contribution in [0.2, 0.25) is 0 Å². The van der Waals surface area contributed by atoms with Crippen LogP contribution < -0.4 is 10.1 Å². The average Bonchev–Trinajstić information content (AvgIpc) is 2.63. The Morgan fingerprint density at radius 2 is 2.00 bits per heavy atom. The van der Waals surface area contributed by atoms with Crippen molar-refractivity contribution in [3.05, 3.63) is 59.4 Å². The fourth-order valence-corrected chi connectivity index (χ4v) is 2.49. The summed E-state index contributed by atoms with van der Waals surface area (Å²) >= 11 is 0. The van der Waals surface area contributed by atoms with E-state index < -0.39 is 24.9 Å². The van der Waals surface area contributed by atoms with Gasteiger partial charge in [0.2, 0.25) is 5.91 Å². The first-order valence-corrected chi connectivity index (χ1v) is 7.93. The Hall–Kier alpha value is -3.24. The van der Waals surface area contributed by atoms with Crippen molar-refractivity contribution in [2.24, 2.45) is 0 Å². The number of aromatic carboxylic acids is 1. The lowest BCUT2D eigenvalue weighted by Gasteiger charge is -2.19. The van der Waals surface area contributed by atoms with Crippen LogP contribution in [0.4, 0.5) is 0 Å². The summed E-state index contributed by atoms with van der Waals surface area (Å²) in [6.07, 6.45) is 1.29. The molecule has 0 bridgehead atoms. The third kappa shape index (κ3) is 5.63. The Kier molecular flexibility index (Phi) is 7.04. The van der Waals surface area contributed by atoms with Crippen LogP contribution in [0.1, 0.15) is 21.6 Å². The van der Waals surface area contributed by atoms with E-state index in [1.54, 1.807) is 18.2 Å². The number of rotatable bonds is 9. The lowest BCUT2D eigenvalue weighted by molar-refractivity contribution is -0.121. The van der Waals surface area contributed by atoms with Gasteiger partial charge in [-0.15, -0.1) is 0 Å².